The highest BCUT2D eigenvalue weighted by Crippen LogP contribution is 2.25. The van der Waals surface area contributed by atoms with Gasteiger partial charge in [0.1, 0.15) is 12.3 Å². The number of nitrogens with one attached hydrogen (secondary N) is 1. The predicted octanol–water partition coefficient (Wildman–Crippen LogP) is 2.70. The number of carbonyl (C=O) groups is 2. The first kappa shape index (κ1) is 18.4. The van der Waals surface area contributed by atoms with Crippen LogP contribution in [0.15, 0.2) is 27.8 Å². The highest BCUT2D eigenvalue weighted by atomic mass is 79.9. The van der Waals surface area contributed by atoms with Gasteiger partial charge in [-0.1, -0.05) is 6.42 Å². The van der Waals surface area contributed by atoms with Gasteiger partial charge in [0.25, 0.3) is 5.91 Å². The van der Waals surface area contributed by atoms with Gasteiger partial charge in [-0.3, -0.25) is 9.59 Å². The Hall–Kier alpha value is -1.89. The number of benzene rings is 1. The molecule has 1 aliphatic heterocycles. The molecule has 1 saturated heterocycles. The zero-order valence-corrected chi connectivity index (χ0v) is 15.6. The number of hydrogen-bond donors (Lipinski definition) is 1. The number of halogens is 1. The van der Waals surface area contributed by atoms with E-state index < -0.39 is 0 Å². The summed E-state index contributed by atoms with van der Waals surface area (Å²) in [6.45, 7) is 2.51. The van der Waals surface area contributed by atoms with Gasteiger partial charge in [0.05, 0.1) is 17.3 Å². The van der Waals surface area contributed by atoms with E-state index in [4.69, 9.17) is 4.74 Å². The van der Waals surface area contributed by atoms with Crippen LogP contribution in [0, 0.1) is 0 Å². The number of carbonyl (C=O) groups excluding carboxylic acids is 2. The van der Waals surface area contributed by atoms with E-state index in [1.54, 1.807) is 12.0 Å². The van der Waals surface area contributed by atoms with E-state index in [2.05, 4.69) is 26.5 Å². The number of rotatable bonds is 5. The number of amides is 2. The van der Waals surface area contributed by atoms with E-state index in [1.807, 2.05) is 25.1 Å². The van der Waals surface area contributed by atoms with Crippen LogP contribution in [0.25, 0.3) is 0 Å². The second-order valence-corrected chi connectivity index (χ2v) is 6.56. The number of nitrogens with zero attached hydrogens (tertiary/aromatic N) is 2. The summed E-state index contributed by atoms with van der Waals surface area (Å²) in [4.78, 5) is 25.5. The van der Waals surface area contributed by atoms with Crippen LogP contribution < -0.4 is 10.2 Å². The fourth-order valence-electron chi connectivity index (χ4n) is 2.52. The molecule has 0 aromatic heterocycles. The second kappa shape index (κ2) is 8.82. The minimum atomic E-state index is -0.280. The topological polar surface area (TPSA) is 71.0 Å². The van der Waals surface area contributed by atoms with Crippen LogP contribution in [0.5, 0.6) is 5.75 Å². The molecule has 2 amide bonds. The Morgan fingerprint density at radius 2 is 2.17 bits per heavy atom. The SMILES string of the molecule is COc1ccc(/C(C)=N\NC(=O)CN2CCCCCC2=O)cc1Br. The molecule has 130 valence electrons. The Morgan fingerprint density at radius 3 is 2.88 bits per heavy atom. The molecule has 6 nitrogen and oxygen atoms in total. The normalized spacial score (nSPS) is 15.9. The van der Waals surface area contributed by atoms with Crippen molar-refractivity contribution in [3.63, 3.8) is 0 Å². The van der Waals surface area contributed by atoms with E-state index in [1.165, 1.54) is 0 Å². The fraction of sp³-hybridized carbons (Fsp3) is 0.471. The van der Waals surface area contributed by atoms with Crippen LogP contribution in [-0.4, -0.2) is 42.6 Å². The standard InChI is InChI=1S/C17H22BrN3O3/c1-12(13-7-8-15(24-2)14(18)10-13)19-20-16(22)11-21-9-5-3-4-6-17(21)23/h7-8,10H,3-6,9,11H2,1-2H3,(H,20,22)/b19-12-. The summed E-state index contributed by atoms with van der Waals surface area (Å²) in [6, 6.07) is 5.57. The van der Waals surface area contributed by atoms with E-state index >= 15 is 0 Å². The maximum Gasteiger partial charge on any atom is 0.259 e. The van der Waals surface area contributed by atoms with E-state index in [9.17, 15) is 9.59 Å². The maximum atomic E-state index is 12.0. The molecule has 0 atom stereocenters. The van der Waals surface area contributed by atoms with Crippen molar-refractivity contribution in [2.24, 2.45) is 5.10 Å². The van der Waals surface area contributed by atoms with E-state index in [0.29, 0.717) is 18.7 Å². The summed E-state index contributed by atoms with van der Waals surface area (Å²) < 4.78 is 6.01. The Labute approximate surface area is 150 Å². The summed E-state index contributed by atoms with van der Waals surface area (Å²) in [7, 11) is 1.60. The maximum absolute atomic E-state index is 12.0. The lowest BCUT2D eigenvalue weighted by molar-refractivity contribution is -0.135. The van der Waals surface area contributed by atoms with Gasteiger partial charge in [-0.2, -0.15) is 5.10 Å². The molecule has 1 aliphatic rings. The molecule has 1 heterocycles. The van der Waals surface area contributed by atoms with Crippen LogP contribution in [0.2, 0.25) is 0 Å². The van der Waals surface area contributed by atoms with Crippen molar-refractivity contribution in [3.8, 4) is 5.75 Å². The Kier molecular flexibility index (Phi) is 6.78. The molecule has 24 heavy (non-hydrogen) atoms. The monoisotopic (exact) mass is 395 g/mol. The van der Waals surface area contributed by atoms with Crippen molar-refractivity contribution in [2.75, 3.05) is 20.2 Å². The second-order valence-electron chi connectivity index (χ2n) is 5.71. The van der Waals surface area contributed by atoms with Crippen molar-refractivity contribution in [1.29, 1.82) is 0 Å². The molecule has 7 heteroatoms. The first-order chi connectivity index (χ1) is 11.5. The highest BCUT2D eigenvalue weighted by molar-refractivity contribution is 9.10. The first-order valence-electron chi connectivity index (χ1n) is 7.96. The largest absolute Gasteiger partial charge is 0.496 e. The summed E-state index contributed by atoms with van der Waals surface area (Å²) in [5, 5.41) is 4.12. The van der Waals surface area contributed by atoms with Crippen LogP contribution >= 0.6 is 15.9 Å². The summed E-state index contributed by atoms with van der Waals surface area (Å²) >= 11 is 3.42. The van der Waals surface area contributed by atoms with Crippen LogP contribution in [0.3, 0.4) is 0 Å². The number of hydrogen-bond acceptors (Lipinski definition) is 4. The molecule has 1 aromatic carbocycles. The predicted molar refractivity (Wildman–Crippen MR) is 96.1 cm³/mol. The average molecular weight is 396 g/mol. The van der Waals surface area contributed by atoms with Gasteiger partial charge in [-0.25, -0.2) is 5.43 Å². The molecule has 0 aliphatic carbocycles. The zero-order chi connectivity index (χ0) is 17.5. The lowest BCUT2D eigenvalue weighted by Gasteiger charge is -2.19. The number of hydrazone groups is 1. The van der Waals surface area contributed by atoms with Crippen molar-refractivity contribution < 1.29 is 14.3 Å². The Morgan fingerprint density at radius 1 is 1.38 bits per heavy atom. The Bertz CT molecular complexity index is 646. The fourth-order valence-corrected chi connectivity index (χ4v) is 3.06. The van der Waals surface area contributed by atoms with Gasteiger partial charge in [-0.15, -0.1) is 0 Å². The highest BCUT2D eigenvalue weighted by Gasteiger charge is 2.19. The zero-order valence-electron chi connectivity index (χ0n) is 14.0. The van der Waals surface area contributed by atoms with Gasteiger partial charge in [0, 0.05) is 13.0 Å². The molecule has 0 saturated carbocycles. The van der Waals surface area contributed by atoms with Gasteiger partial charge in [0.2, 0.25) is 5.91 Å². The lowest BCUT2D eigenvalue weighted by Crippen LogP contribution is -2.39. The van der Waals surface area contributed by atoms with Crippen molar-refractivity contribution in [3.05, 3.63) is 28.2 Å². The molecule has 1 aromatic rings. The third kappa shape index (κ3) is 5.06. The van der Waals surface area contributed by atoms with E-state index in [-0.39, 0.29) is 18.4 Å². The van der Waals surface area contributed by atoms with Crippen molar-refractivity contribution in [2.45, 2.75) is 32.6 Å². The number of ether oxygens (including phenoxy) is 1. The third-order valence-electron chi connectivity index (χ3n) is 3.92. The molecule has 0 radical (unpaired) electrons. The summed E-state index contributed by atoms with van der Waals surface area (Å²) in [5.41, 5.74) is 4.07. The minimum Gasteiger partial charge on any atom is -0.496 e. The third-order valence-corrected chi connectivity index (χ3v) is 4.54. The first-order valence-corrected chi connectivity index (χ1v) is 8.75. The molecular formula is C17H22BrN3O3. The molecule has 2 rings (SSSR count). The summed E-state index contributed by atoms with van der Waals surface area (Å²) in [5.74, 6) is 0.495. The average Bonchev–Trinajstić information content (AvgIpc) is 2.77. The van der Waals surface area contributed by atoms with Gasteiger partial charge >= 0.3 is 0 Å². The molecule has 1 N–H and O–H groups in total. The van der Waals surface area contributed by atoms with Crippen molar-refractivity contribution in [1.82, 2.24) is 10.3 Å². The van der Waals surface area contributed by atoms with Crippen LogP contribution in [-0.2, 0) is 9.59 Å². The smallest absolute Gasteiger partial charge is 0.259 e. The van der Waals surface area contributed by atoms with Gasteiger partial charge in [0.15, 0.2) is 0 Å². The number of likely N-dealkylation sites (tertiary alicyclic amines) is 1. The molecule has 0 unspecified atom stereocenters. The van der Waals surface area contributed by atoms with E-state index in [0.717, 1.165) is 35.0 Å². The van der Waals surface area contributed by atoms with Gasteiger partial charge < -0.3 is 9.64 Å². The van der Waals surface area contributed by atoms with Crippen molar-refractivity contribution >= 4 is 33.5 Å². The van der Waals surface area contributed by atoms with Crippen LogP contribution in [0.1, 0.15) is 38.2 Å². The number of methoxy groups -OCH3 is 1. The molecular weight excluding hydrogens is 374 g/mol. The minimum absolute atomic E-state index is 0.0439. The molecule has 0 spiro atoms. The quantitative estimate of drug-likeness (QED) is 0.615. The van der Waals surface area contributed by atoms with Crippen LogP contribution in [0.4, 0.5) is 0 Å². The van der Waals surface area contributed by atoms with Gasteiger partial charge in [-0.05, 0) is 59.5 Å². The Balaban J connectivity index is 1.94. The molecule has 0 bridgehead atoms. The summed E-state index contributed by atoms with van der Waals surface area (Å²) in [6.07, 6.45) is 3.41. The lowest BCUT2D eigenvalue weighted by atomic mass is 10.1. The molecule has 1 fully saturated rings.